The summed E-state index contributed by atoms with van der Waals surface area (Å²) in [5.41, 5.74) is 6.13. The van der Waals surface area contributed by atoms with Crippen LogP contribution in [0.3, 0.4) is 0 Å². The van der Waals surface area contributed by atoms with Gasteiger partial charge in [0, 0.05) is 12.5 Å². The van der Waals surface area contributed by atoms with E-state index in [1.54, 1.807) is 19.1 Å². The largest absolute Gasteiger partial charge is 0.435 e. The van der Waals surface area contributed by atoms with Crippen molar-refractivity contribution in [3.05, 3.63) is 42.0 Å². The normalized spacial score (nSPS) is 11.8. The van der Waals surface area contributed by atoms with Crippen LogP contribution in [0, 0.1) is 6.92 Å². The topological polar surface area (TPSA) is 115 Å². The van der Waals surface area contributed by atoms with E-state index in [2.05, 4.69) is 10.3 Å². The monoisotopic (exact) mass is 329 g/mol. The highest BCUT2D eigenvalue weighted by Crippen LogP contribution is 2.23. The van der Waals surface area contributed by atoms with E-state index < -0.39 is 23.6 Å². The van der Waals surface area contributed by atoms with Crippen molar-refractivity contribution in [1.82, 2.24) is 10.3 Å². The van der Waals surface area contributed by atoms with Gasteiger partial charge in [-0.05, 0) is 6.42 Å². The maximum absolute atomic E-state index is 12.5. The molecule has 7 heteroatoms. The first-order valence-electron chi connectivity index (χ1n) is 7.61. The van der Waals surface area contributed by atoms with Crippen LogP contribution in [0.2, 0.25) is 0 Å². The Bertz CT molecular complexity index is 752. The molecule has 24 heavy (non-hydrogen) atoms. The van der Waals surface area contributed by atoms with Crippen molar-refractivity contribution in [2.24, 2.45) is 5.73 Å². The number of amides is 2. The zero-order chi connectivity index (χ0) is 17.7. The second-order valence-corrected chi connectivity index (χ2v) is 5.32. The third kappa shape index (κ3) is 3.87. The summed E-state index contributed by atoms with van der Waals surface area (Å²) in [5, 5.41) is 2.52. The average Bonchev–Trinajstić information content (AvgIpc) is 2.96. The van der Waals surface area contributed by atoms with Crippen LogP contribution in [0.25, 0.3) is 11.3 Å². The van der Waals surface area contributed by atoms with E-state index in [0.29, 0.717) is 30.0 Å². The van der Waals surface area contributed by atoms with E-state index in [1.165, 1.54) is 0 Å². The molecule has 2 rings (SSSR count). The number of benzene rings is 1. The third-order valence-corrected chi connectivity index (χ3v) is 3.43. The molecule has 0 saturated heterocycles. The minimum Gasteiger partial charge on any atom is -0.435 e. The Morgan fingerprint density at radius 3 is 2.50 bits per heavy atom. The van der Waals surface area contributed by atoms with Crippen LogP contribution in [-0.2, 0) is 9.59 Å². The molecule has 2 aromatic rings. The van der Waals surface area contributed by atoms with E-state index in [9.17, 15) is 14.4 Å². The summed E-state index contributed by atoms with van der Waals surface area (Å²) >= 11 is 0. The fourth-order valence-electron chi connectivity index (χ4n) is 2.33. The van der Waals surface area contributed by atoms with E-state index in [-0.39, 0.29) is 5.76 Å². The van der Waals surface area contributed by atoms with Gasteiger partial charge in [-0.25, -0.2) is 4.98 Å². The number of primary amides is 1. The van der Waals surface area contributed by atoms with Gasteiger partial charge in [-0.1, -0.05) is 43.7 Å². The highest BCUT2D eigenvalue weighted by atomic mass is 16.4. The van der Waals surface area contributed by atoms with E-state index in [4.69, 9.17) is 10.2 Å². The van der Waals surface area contributed by atoms with Gasteiger partial charge in [-0.15, -0.1) is 0 Å². The highest BCUT2D eigenvalue weighted by molar-refractivity contribution is 6.38. The van der Waals surface area contributed by atoms with Gasteiger partial charge in [0.05, 0.1) is 6.04 Å². The van der Waals surface area contributed by atoms with Crippen LogP contribution in [0.4, 0.5) is 0 Å². The maximum Gasteiger partial charge on any atom is 0.289 e. The van der Waals surface area contributed by atoms with Crippen LogP contribution in [0.15, 0.2) is 34.7 Å². The van der Waals surface area contributed by atoms with Crippen molar-refractivity contribution in [3.8, 4) is 11.3 Å². The lowest BCUT2D eigenvalue weighted by Gasteiger charge is -2.14. The summed E-state index contributed by atoms with van der Waals surface area (Å²) in [6.45, 7) is 3.46. The van der Waals surface area contributed by atoms with E-state index in [1.807, 2.05) is 25.1 Å². The van der Waals surface area contributed by atoms with Crippen LogP contribution >= 0.6 is 0 Å². The van der Waals surface area contributed by atoms with Crippen molar-refractivity contribution in [3.63, 3.8) is 0 Å². The third-order valence-electron chi connectivity index (χ3n) is 3.43. The quantitative estimate of drug-likeness (QED) is 0.749. The molecule has 3 N–H and O–H groups in total. The van der Waals surface area contributed by atoms with Gasteiger partial charge in [0.25, 0.3) is 11.8 Å². The number of aryl methyl sites for hydroxylation is 1. The summed E-state index contributed by atoms with van der Waals surface area (Å²) in [6, 6.07) is 8.10. The van der Waals surface area contributed by atoms with E-state index >= 15 is 0 Å². The molecule has 1 heterocycles. The molecule has 0 radical (unpaired) electrons. The minimum absolute atomic E-state index is 0.00271. The van der Waals surface area contributed by atoms with Gasteiger partial charge in [0.15, 0.2) is 5.89 Å². The molecule has 0 saturated carbocycles. The van der Waals surface area contributed by atoms with Crippen molar-refractivity contribution >= 4 is 17.6 Å². The predicted molar refractivity (Wildman–Crippen MR) is 87.0 cm³/mol. The van der Waals surface area contributed by atoms with Gasteiger partial charge in [-0.2, -0.15) is 0 Å². The number of nitrogens with zero attached hydrogens (tertiary/aromatic N) is 1. The molecular weight excluding hydrogens is 310 g/mol. The second-order valence-electron chi connectivity index (χ2n) is 5.32. The molecule has 0 unspecified atom stereocenters. The Morgan fingerprint density at radius 2 is 1.92 bits per heavy atom. The van der Waals surface area contributed by atoms with Crippen molar-refractivity contribution in [2.45, 2.75) is 32.7 Å². The number of hydrogen-bond donors (Lipinski definition) is 2. The molecule has 0 aliphatic rings. The van der Waals surface area contributed by atoms with Gasteiger partial charge >= 0.3 is 0 Å². The summed E-state index contributed by atoms with van der Waals surface area (Å²) in [6.07, 6.45) is 0.909. The smallest absolute Gasteiger partial charge is 0.289 e. The number of nitrogens with two attached hydrogens (primary N) is 1. The fourth-order valence-corrected chi connectivity index (χ4v) is 2.33. The SMILES string of the molecule is CCC[C@H](NC(=O)c1oc(C)nc1-c1ccccc1)C(=O)C(N)=O. The number of aromatic nitrogens is 1. The molecular formula is C17H19N3O4. The molecule has 0 aliphatic heterocycles. The number of oxazole rings is 1. The predicted octanol–water partition coefficient (Wildman–Crippen LogP) is 1.60. The average molecular weight is 329 g/mol. The molecule has 0 fully saturated rings. The Balaban J connectivity index is 2.29. The lowest BCUT2D eigenvalue weighted by atomic mass is 10.1. The molecule has 1 atom stereocenters. The van der Waals surface area contributed by atoms with Crippen LogP contribution in [0.1, 0.15) is 36.2 Å². The number of rotatable bonds is 7. The van der Waals surface area contributed by atoms with Crippen LogP contribution < -0.4 is 11.1 Å². The number of carbonyl (C=O) groups is 3. The second kappa shape index (κ2) is 7.54. The van der Waals surface area contributed by atoms with Crippen molar-refractivity contribution in [2.75, 3.05) is 0 Å². The van der Waals surface area contributed by atoms with Crippen molar-refractivity contribution < 1.29 is 18.8 Å². The van der Waals surface area contributed by atoms with Crippen LogP contribution in [0.5, 0.6) is 0 Å². The molecule has 0 aliphatic carbocycles. The molecule has 7 nitrogen and oxygen atoms in total. The molecule has 0 spiro atoms. The molecule has 2 amide bonds. The first kappa shape index (κ1) is 17.4. The first-order chi connectivity index (χ1) is 11.4. The first-order valence-corrected chi connectivity index (χ1v) is 7.61. The highest BCUT2D eigenvalue weighted by Gasteiger charge is 2.28. The number of carbonyl (C=O) groups excluding carboxylic acids is 3. The Kier molecular flexibility index (Phi) is 5.47. The molecule has 1 aromatic heterocycles. The Hall–Kier alpha value is -2.96. The Labute approximate surface area is 139 Å². The summed E-state index contributed by atoms with van der Waals surface area (Å²) in [4.78, 5) is 39.7. The fraction of sp³-hybridized carbons (Fsp3) is 0.294. The maximum atomic E-state index is 12.5. The zero-order valence-corrected chi connectivity index (χ0v) is 13.5. The summed E-state index contributed by atoms with van der Waals surface area (Å²) in [7, 11) is 0. The van der Waals surface area contributed by atoms with Gasteiger partial charge in [0.1, 0.15) is 5.69 Å². The lowest BCUT2D eigenvalue weighted by molar-refractivity contribution is -0.137. The minimum atomic E-state index is -1.08. The van der Waals surface area contributed by atoms with Gasteiger partial charge < -0.3 is 15.5 Å². The van der Waals surface area contributed by atoms with Crippen LogP contribution in [-0.4, -0.2) is 28.6 Å². The summed E-state index contributed by atoms with van der Waals surface area (Å²) in [5.74, 6) is -2.19. The van der Waals surface area contributed by atoms with Gasteiger partial charge in [-0.3, -0.25) is 14.4 Å². The number of Topliss-reactive ketones (excluding diaryl/α,β-unsaturated/α-hetero) is 1. The molecule has 1 aromatic carbocycles. The summed E-state index contributed by atoms with van der Waals surface area (Å²) < 4.78 is 5.40. The number of hydrogen-bond acceptors (Lipinski definition) is 5. The van der Waals surface area contributed by atoms with Crippen molar-refractivity contribution in [1.29, 1.82) is 0 Å². The Morgan fingerprint density at radius 1 is 1.25 bits per heavy atom. The number of ketones is 1. The zero-order valence-electron chi connectivity index (χ0n) is 13.5. The molecule has 0 bridgehead atoms. The van der Waals surface area contributed by atoms with Gasteiger partial charge in [0.2, 0.25) is 11.5 Å². The standard InChI is InChI=1S/C17H19N3O4/c1-3-7-12(14(21)16(18)22)20-17(23)15-13(19-10(2)24-15)11-8-5-4-6-9-11/h4-6,8-9,12H,3,7H2,1-2H3,(H2,18,22)(H,20,23)/t12-/m0/s1. The molecule has 126 valence electrons. The van der Waals surface area contributed by atoms with E-state index in [0.717, 1.165) is 0 Å². The lowest BCUT2D eigenvalue weighted by Crippen LogP contribution is -2.46. The number of nitrogens with one attached hydrogen (secondary N) is 1.